The van der Waals surface area contributed by atoms with Crippen LogP contribution in [0.15, 0.2) is 0 Å². The lowest BCUT2D eigenvalue weighted by atomic mass is 10.1. The summed E-state index contributed by atoms with van der Waals surface area (Å²) in [5, 5.41) is 10.8. The normalized spacial score (nSPS) is 19.4. The van der Waals surface area contributed by atoms with Gasteiger partial charge in [-0.3, -0.25) is 14.9 Å². The Labute approximate surface area is 118 Å². The first-order valence-electron chi connectivity index (χ1n) is 6.87. The van der Waals surface area contributed by atoms with Crippen molar-refractivity contribution in [3.8, 4) is 0 Å². The largest absolute Gasteiger partial charge is 0.481 e. The molecule has 1 aliphatic rings. The fourth-order valence-electron chi connectivity index (χ4n) is 2.29. The molecule has 1 heterocycles. The van der Waals surface area contributed by atoms with E-state index in [1.807, 2.05) is 7.05 Å². The number of carboxylic acid groups (broad SMARTS) is 1. The SMILES string of the molecule is CN1CCCC(N(C)C(=O)NC(=O)CCCC(=O)O)C1. The number of hydrogen-bond acceptors (Lipinski definition) is 4. The van der Waals surface area contributed by atoms with Crippen LogP contribution in [0, 0.1) is 0 Å². The number of carboxylic acids is 1. The summed E-state index contributed by atoms with van der Waals surface area (Å²) in [5.41, 5.74) is 0. The van der Waals surface area contributed by atoms with Crippen molar-refractivity contribution in [1.29, 1.82) is 0 Å². The fourth-order valence-corrected chi connectivity index (χ4v) is 2.29. The summed E-state index contributed by atoms with van der Waals surface area (Å²) in [6, 6.07) is -0.300. The van der Waals surface area contributed by atoms with Crippen LogP contribution in [-0.4, -0.2) is 66.0 Å². The van der Waals surface area contributed by atoms with Gasteiger partial charge in [-0.15, -0.1) is 0 Å². The van der Waals surface area contributed by atoms with E-state index in [0.717, 1.165) is 25.9 Å². The topological polar surface area (TPSA) is 90.0 Å². The van der Waals surface area contributed by atoms with Crippen molar-refractivity contribution in [3.05, 3.63) is 0 Å². The Hall–Kier alpha value is -1.63. The molecule has 0 aromatic heterocycles. The van der Waals surface area contributed by atoms with Crippen molar-refractivity contribution in [2.45, 2.75) is 38.1 Å². The van der Waals surface area contributed by atoms with Gasteiger partial charge in [-0.05, 0) is 32.9 Å². The number of imide groups is 1. The molecule has 1 atom stereocenters. The highest BCUT2D eigenvalue weighted by molar-refractivity contribution is 5.94. The minimum absolute atomic E-state index is 0.0520. The summed E-state index contributed by atoms with van der Waals surface area (Å²) in [5.74, 6) is -1.36. The number of nitrogens with zero attached hydrogens (tertiary/aromatic N) is 2. The van der Waals surface area contributed by atoms with Crippen LogP contribution in [0.2, 0.25) is 0 Å². The maximum Gasteiger partial charge on any atom is 0.324 e. The van der Waals surface area contributed by atoms with E-state index < -0.39 is 17.9 Å². The van der Waals surface area contributed by atoms with Crippen molar-refractivity contribution in [2.75, 3.05) is 27.2 Å². The van der Waals surface area contributed by atoms with Gasteiger partial charge in [0.15, 0.2) is 0 Å². The minimum atomic E-state index is -0.938. The first-order valence-corrected chi connectivity index (χ1v) is 6.87. The van der Waals surface area contributed by atoms with Crippen molar-refractivity contribution < 1.29 is 19.5 Å². The molecule has 7 nitrogen and oxygen atoms in total. The van der Waals surface area contributed by atoms with Gasteiger partial charge < -0.3 is 14.9 Å². The van der Waals surface area contributed by atoms with E-state index in [9.17, 15) is 14.4 Å². The number of aliphatic carboxylic acids is 1. The van der Waals surface area contributed by atoms with E-state index in [1.165, 1.54) is 0 Å². The third-order valence-corrected chi connectivity index (χ3v) is 3.51. The van der Waals surface area contributed by atoms with E-state index in [4.69, 9.17) is 5.11 Å². The van der Waals surface area contributed by atoms with Gasteiger partial charge in [0.05, 0.1) is 0 Å². The summed E-state index contributed by atoms with van der Waals surface area (Å²) >= 11 is 0. The first kappa shape index (κ1) is 16.4. The molecule has 114 valence electrons. The summed E-state index contributed by atoms with van der Waals surface area (Å²) in [4.78, 5) is 37.5. The van der Waals surface area contributed by atoms with Crippen LogP contribution >= 0.6 is 0 Å². The number of urea groups is 1. The van der Waals surface area contributed by atoms with Crippen molar-refractivity contribution in [3.63, 3.8) is 0 Å². The monoisotopic (exact) mass is 285 g/mol. The summed E-state index contributed by atoms with van der Waals surface area (Å²) < 4.78 is 0. The second-order valence-electron chi connectivity index (χ2n) is 5.27. The molecule has 0 aliphatic carbocycles. The number of likely N-dealkylation sites (tertiary alicyclic amines) is 1. The number of amides is 3. The number of rotatable bonds is 5. The maximum atomic E-state index is 11.9. The molecule has 20 heavy (non-hydrogen) atoms. The molecule has 1 rings (SSSR count). The van der Waals surface area contributed by atoms with Gasteiger partial charge in [0.25, 0.3) is 0 Å². The molecule has 7 heteroatoms. The molecule has 0 aromatic carbocycles. The highest BCUT2D eigenvalue weighted by atomic mass is 16.4. The minimum Gasteiger partial charge on any atom is -0.481 e. The molecule has 0 aromatic rings. The Morgan fingerprint density at radius 1 is 1.35 bits per heavy atom. The molecule has 3 amide bonds. The average molecular weight is 285 g/mol. The number of piperidine rings is 1. The quantitative estimate of drug-likeness (QED) is 0.768. The standard InChI is InChI=1S/C13H23N3O4/c1-15-8-4-5-10(9-15)16(2)13(20)14-11(17)6-3-7-12(18)19/h10H,3-9H2,1-2H3,(H,18,19)(H,14,17,20). The Bertz CT molecular complexity index is 373. The first-order chi connectivity index (χ1) is 9.40. The highest BCUT2D eigenvalue weighted by Gasteiger charge is 2.25. The molecule has 1 fully saturated rings. The molecular formula is C13H23N3O4. The Balaban J connectivity index is 2.33. The number of hydrogen-bond donors (Lipinski definition) is 2. The third-order valence-electron chi connectivity index (χ3n) is 3.51. The predicted molar refractivity (Wildman–Crippen MR) is 73.3 cm³/mol. The second kappa shape index (κ2) is 7.84. The predicted octanol–water partition coefficient (Wildman–Crippen LogP) is 0.504. The lowest BCUT2D eigenvalue weighted by Crippen LogP contribution is -2.51. The van der Waals surface area contributed by atoms with Crippen LogP contribution in [0.4, 0.5) is 4.79 Å². The molecule has 0 radical (unpaired) electrons. The van der Waals surface area contributed by atoms with E-state index in [-0.39, 0.29) is 25.3 Å². The molecule has 0 saturated carbocycles. The van der Waals surface area contributed by atoms with Crippen LogP contribution in [0.5, 0.6) is 0 Å². The molecule has 1 saturated heterocycles. The van der Waals surface area contributed by atoms with Crippen molar-refractivity contribution in [1.82, 2.24) is 15.1 Å². The van der Waals surface area contributed by atoms with Crippen molar-refractivity contribution in [2.24, 2.45) is 0 Å². The third kappa shape index (κ3) is 5.56. The van der Waals surface area contributed by atoms with E-state index >= 15 is 0 Å². The Morgan fingerprint density at radius 3 is 2.65 bits per heavy atom. The molecule has 2 N–H and O–H groups in total. The molecule has 0 bridgehead atoms. The molecule has 1 aliphatic heterocycles. The van der Waals surface area contributed by atoms with E-state index in [1.54, 1.807) is 11.9 Å². The zero-order valence-electron chi connectivity index (χ0n) is 12.1. The number of likely N-dealkylation sites (N-methyl/N-ethyl adjacent to an activating group) is 2. The van der Waals surface area contributed by atoms with Gasteiger partial charge >= 0.3 is 12.0 Å². The highest BCUT2D eigenvalue weighted by Crippen LogP contribution is 2.13. The Morgan fingerprint density at radius 2 is 2.05 bits per heavy atom. The van der Waals surface area contributed by atoms with Crippen LogP contribution in [0.3, 0.4) is 0 Å². The molecule has 0 spiro atoms. The second-order valence-corrected chi connectivity index (χ2v) is 5.27. The van der Waals surface area contributed by atoms with Gasteiger partial charge in [0, 0.05) is 32.5 Å². The lowest BCUT2D eigenvalue weighted by Gasteiger charge is -2.35. The number of nitrogens with one attached hydrogen (secondary N) is 1. The van der Waals surface area contributed by atoms with Crippen LogP contribution in [0.1, 0.15) is 32.1 Å². The summed E-state index contributed by atoms with van der Waals surface area (Å²) in [6.07, 6.45) is 2.19. The number of carbonyl (C=O) groups is 3. The van der Waals surface area contributed by atoms with Gasteiger partial charge in [0.1, 0.15) is 0 Å². The fraction of sp³-hybridized carbons (Fsp3) is 0.769. The smallest absolute Gasteiger partial charge is 0.324 e. The zero-order chi connectivity index (χ0) is 15.1. The zero-order valence-corrected chi connectivity index (χ0v) is 12.1. The average Bonchev–Trinajstić information content (AvgIpc) is 2.37. The lowest BCUT2D eigenvalue weighted by molar-refractivity contribution is -0.137. The van der Waals surface area contributed by atoms with Crippen molar-refractivity contribution >= 4 is 17.9 Å². The van der Waals surface area contributed by atoms with E-state index in [2.05, 4.69) is 10.2 Å². The van der Waals surface area contributed by atoms with Gasteiger partial charge in [0.2, 0.25) is 5.91 Å². The molecular weight excluding hydrogens is 262 g/mol. The van der Waals surface area contributed by atoms with Crippen LogP contribution < -0.4 is 5.32 Å². The maximum absolute atomic E-state index is 11.9. The van der Waals surface area contributed by atoms with Gasteiger partial charge in [-0.1, -0.05) is 0 Å². The summed E-state index contributed by atoms with van der Waals surface area (Å²) in [6.45, 7) is 1.83. The van der Waals surface area contributed by atoms with Gasteiger partial charge in [-0.25, -0.2) is 4.79 Å². The van der Waals surface area contributed by atoms with E-state index in [0.29, 0.717) is 0 Å². The summed E-state index contributed by atoms with van der Waals surface area (Å²) in [7, 11) is 3.69. The van der Waals surface area contributed by atoms with Crippen LogP contribution in [0.25, 0.3) is 0 Å². The molecule has 1 unspecified atom stereocenters. The number of carbonyl (C=O) groups excluding carboxylic acids is 2. The van der Waals surface area contributed by atoms with Crippen LogP contribution in [-0.2, 0) is 9.59 Å². The Kier molecular flexibility index (Phi) is 6.44. The van der Waals surface area contributed by atoms with Gasteiger partial charge in [-0.2, -0.15) is 0 Å².